The minimum atomic E-state index is -0.780. The second-order valence-corrected chi connectivity index (χ2v) is 4.98. The number of rotatable bonds is 6. The summed E-state index contributed by atoms with van der Waals surface area (Å²) in [5.41, 5.74) is 2.94. The zero-order valence-corrected chi connectivity index (χ0v) is 12.2. The summed E-state index contributed by atoms with van der Waals surface area (Å²) in [4.78, 5) is 17.2. The molecule has 1 N–H and O–H groups in total. The van der Waals surface area contributed by atoms with Gasteiger partial charge in [0.15, 0.2) is 0 Å². The lowest BCUT2D eigenvalue weighted by Crippen LogP contribution is -2.28. The van der Waals surface area contributed by atoms with E-state index in [1.54, 1.807) is 20.2 Å². The van der Waals surface area contributed by atoms with E-state index in [1.807, 2.05) is 25.8 Å². The van der Waals surface area contributed by atoms with Gasteiger partial charge in [0.25, 0.3) is 0 Å². The van der Waals surface area contributed by atoms with Crippen LogP contribution >= 0.6 is 0 Å². The summed E-state index contributed by atoms with van der Waals surface area (Å²) in [5, 5.41) is 8.91. The summed E-state index contributed by atoms with van der Waals surface area (Å²) in [5.74, 6) is -0.319. The summed E-state index contributed by atoms with van der Waals surface area (Å²) in [6.07, 6.45) is 1.79. The number of pyridine rings is 1. The number of ether oxygens (including phenoxy) is 1. The molecule has 0 aliphatic heterocycles. The van der Waals surface area contributed by atoms with E-state index in [0.717, 1.165) is 22.6 Å². The van der Waals surface area contributed by atoms with Gasteiger partial charge in [0.1, 0.15) is 5.75 Å². The highest BCUT2D eigenvalue weighted by molar-refractivity contribution is 5.69. The lowest BCUT2D eigenvalue weighted by atomic mass is 10.1. The Labute approximate surface area is 114 Å². The molecule has 0 radical (unpaired) electrons. The van der Waals surface area contributed by atoms with Gasteiger partial charge in [-0.15, -0.1) is 0 Å². The van der Waals surface area contributed by atoms with Crippen LogP contribution in [-0.4, -0.2) is 41.7 Å². The van der Waals surface area contributed by atoms with Crippen LogP contribution in [0.15, 0.2) is 6.20 Å². The van der Waals surface area contributed by atoms with Gasteiger partial charge in [0, 0.05) is 30.4 Å². The third kappa shape index (κ3) is 3.92. The molecule has 0 bridgehead atoms. The van der Waals surface area contributed by atoms with Gasteiger partial charge in [-0.25, -0.2) is 0 Å². The zero-order chi connectivity index (χ0) is 14.6. The van der Waals surface area contributed by atoms with Crippen molar-refractivity contribution in [3.8, 4) is 5.75 Å². The number of carbonyl (C=O) groups is 1. The normalized spacial score (nSPS) is 12.5. The molecule has 0 amide bonds. The van der Waals surface area contributed by atoms with E-state index in [4.69, 9.17) is 9.84 Å². The van der Waals surface area contributed by atoms with E-state index in [-0.39, 0.29) is 0 Å². The van der Waals surface area contributed by atoms with E-state index >= 15 is 0 Å². The van der Waals surface area contributed by atoms with E-state index < -0.39 is 11.9 Å². The van der Waals surface area contributed by atoms with Crippen molar-refractivity contribution in [1.82, 2.24) is 9.88 Å². The highest BCUT2D eigenvalue weighted by Crippen LogP contribution is 2.24. The highest BCUT2D eigenvalue weighted by atomic mass is 16.5. The molecule has 1 heterocycles. The third-order valence-corrected chi connectivity index (χ3v) is 3.18. The van der Waals surface area contributed by atoms with Gasteiger partial charge in [-0.2, -0.15) is 0 Å². The van der Waals surface area contributed by atoms with Crippen LogP contribution in [0.25, 0.3) is 0 Å². The minimum absolute atomic E-state index is 0.391. The summed E-state index contributed by atoms with van der Waals surface area (Å²) in [6.45, 7) is 6.74. The third-order valence-electron chi connectivity index (χ3n) is 3.18. The average molecular weight is 266 g/mol. The number of aliphatic carboxylic acids is 1. The summed E-state index contributed by atoms with van der Waals surface area (Å²) >= 11 is 0. The molecule has 0 aromatic carbocycles. The molecule has 1 atom stereocenters. The standard InChI is InChI=1S/C14H22N2O3/c1-9-6-15-12(11(3)13(9)19-5)8-16(4)7-10(2)14(17)18/h6,10H,7-8H2,1-5H3,(H,17,18). The second-order valence-electron chi connectivity index (χ2n) is 4.98. The summed E-state index contributed by atoms with van der Waals surface area (Å²) in [6, 6.07) is 0. The maximum absolute atomic E-state index is 10.8. The molecule has 0 aliphatic rings. The van der Waals surface area contributed by atoms with Crippen LogP contribution in [0.1, 0.15) is 23.7 Å². The number of carboxylic acids is 1. The van der Waals surface area contributed by atoms with Crippen molar-refractivity contribution in [2.75, 3.05) is 20.7 Å². The number of aromatic nitrogens is 1. The first-order valence-electron chi connectivity index (χ1n) is 6.27. The van der Waals surface area contributed by atoms with Crippen LogP contribution in [0, 0.1) is 19.8 Å². The van der Waals surface area contributed by atoms with E-state index in [1.165, 1.54) is 0 Å². The Bertz CT molecular complexity index is 460. The van der Waals surface area contributed by atoms with Crippen LogP contribution < -0.4 is 4.74 Å². The molecule has 0 saturated heterocycles. The first kappa shape index (κ1) is 15.4. The Hall–Kier alpha value is -1.62. The Balaban J connectivity index is 2.80. The highest BCUT2D eigenvalue weighted by Gasteiger charge is 2.16. The molecule has 5 heteroatoms. The fourth-order valence-electron chi connectivity index (χ4n) is 2.10. The molecule has 1 aromatic rings. The Morgan fingerprint density at radius 1 is 1.53 bits per heavy atom. The van der Waals surface area contributed by atoms with E-state index in [2.05, 4.69) is 4.98 Å². The smallest absolute Gasteiger partial charge is 0.307 e. The number of nitrogens with zero attached hydrogens (tertiary/aromatic N) is 2. The maximum Gasteiger partial charge on any atom is 0.307 e. The van der Waals surface area contributed by atoms with Crippen LogP contribution in [0.4, 0.5) is 0 Å². The second kappa shape index (κ2) is 6.52. The number of aryl methyl sites for hydroxylation is 1. The van der Waals surface area contributed by atoms with Gasteiger partial charge < -0.3 is 9.84 Å². The molecule has 19 heavy (non-hydrogen) atoms. The summed E-state index contributed by atoms with van der Waals surface area (Å²) < 4.78 is 5.36. The molecule has 5 nitrogen and oxygen atoms in total. The first-order chi connectivity index (χ1) is 8.86. The molecule has 1 aromatic heterocycles. The SMILES string of the molecule is COc1c(C)cnc(CN(C)CC(C)C(=O)O)c1C. The maximum atomic E-state index is 10.8. The van der Waals surface area contributed by atoms with Crippen LogP contribution in [0.2, 0.25) is 0 Å². The van der Waals surface area contributed by atoms with E-state index in [9.17, 15) is 4.79 Å². The number of hydrogen-bond donors (Lipinski definition) is 1. The Morgan fingerprint density at radius 3 is 2.68 bits per heavy atom. The summed E-state index contributed by atoms with van der Waals surface area (Å²) in [7, 11) is 3.54. The van der Waals surface area contributed by atoms with Crippen molar-refractivity contribution < 1.29 is 14.6 Å². The number of methoxy groups -OCH3 is 1. The van der Waals surface area contributed by atoms with Crippen molar-refractivity contribution in [3.63, 3.8) is 0 Å². The molecule has 0 fully saturated rings. The predicted molar refractivity (Wildman–Crippen MR) is 73.4 cm³/mol. The fraction of sp³-hybridized carbons (Fsp3) is 0.571. The lowest BCUT2D eigenvalue weighted by Gasteiger charge is -2.20. The van der Waals surface area contributed by atoms with Crippen molar-refractivity contribution in [2.45, 2.75) is 27.3 Å². The van der Waals surface area contributed by atoms with Crippen molar-refractivity contribution in [1.29, 1.82) is 0 Å². The van der Waals surface area contributed by atoms with Crippen molar-refractivity contribution >= 4 is 5.97 Å². The van der Waals surface area contributed by atoms with Gasteiger partial charge in [-0.1, -0.05) is 6.92 Å². The molecule has 0 saturated carbocycles. The van der Waals surface area contributed by atoms with E-state index in [0.29, 0.717) is 13.1 Å². The molecule has 1 unspecified atom stereocenters. The fourth-order valence-corrected chi connectivity index (χ4v) is 2.10. The quantitative estimate of drug-likeness (QED) is 0.851. The van der Waals surface area contributed by atoms with Gasteiger partial charge >= 0.3 is 5.97 Å². The van der Waals surface area contributed by atoms with Gasteiger partial charge in [0.2, 0.25) is 0 Å². The van der Waals surface area contributed by atoms with Crippen LogP contribution in [-0.2, 0) is 11.3 Å². The van der Waals surface area contributed by atoms with Crippen LogP contribution in [0.3, 0.4) is 0 Å². The van der Waals surface area contributed by atoms with Gasteiger partial charge in [-0.3, -0.25) is 14.7 Å². The monoisotopic (exact) mass is 266 g/mol. The van der Waals surface area contributed by atoms with Crippen molar-refractivity contribution in [2.24, 2.45) is 5.92 Å². The number of hydrogen-bond acceptors (Lipinski definition) is 4. The zero-order valence-electron chi connectivity index (χ0n) is 12.2. The Kier molecular flexibility index (Phi) is 5.30. The molecule has 106 valence electrons. The van der Waals surface area contributed by atoms with Gasteiger partial charge in [-0.05, 0) is 20.9 Å². The average Bonchev–Trinajstić information content (AvgIpc) is 2.33. The topological polar surface area (TPSA) is 62.7 Å². The molecule has 0 spiro atoms. The molecule has 1 rings (SSSR count). The molecule has 0 aliphatic carbocycles. The predicted octanol–water partition coefficient (Wildman–Crippen LogP) is 1.86. The Morgan fingerprint density at radius 2 is 2.16 bits per heavy atom. The largest absolute Gasteiger partial charge is 0.496 e. The van der Waals surface area contributed by atoms with Gasteiger partial charge in [0.05, 0.1) is 18.7 Å². The first-order valence-corrected chi connectivity index (χ1v) is 6.27. The van der Waals surface area contributed by atoms with Crippen molar-refractivity contribution in [3.05, 3.63) is 23.0 Å². The molecular formula is C14H22N2O3. The minimum Gasteiger partial charge on any atom is -0.496 e. The number of carboxylic acid groups (broad SMARTS) is 1. The molecular weight excluding hydrogens is 244 g/mol. The van der Waals surface area contributed by atoms with Crippen LogP contribution in [0.5, 0.6) is 5.75 Å². The lowest BCUT2D eigenvalue weighted by molar-refractivity contribution is -0.141.